The van der Waals surface area contributed by atoms with E-state index < -0.39 is 0 Å². The molecule has 0 saturated carbocycles. The van der Waals surface area contributed by atoms with Gasteiger partial charge in [0.1, 0.15) is 5.82 Å². The van der Waals surface area contributed by atoms with Crippen molar-refractivity contribution < 1.29 is 18.9 Å². The molecule has 3 N–H and O–H groups in total. The molecule has 0 radical (unpaired) electrons. The Bertz CT molecular complexity index is 638. The van der Waals surface area contributed by atoms with Crippen molar-refractivity contribution in [1.82, 2.24) is 0 Å². The third kappa shape index (κ3) is 5.81. The van der Waals surface area contributed by atoms with Crippen LogP contribution in [-0.4, -0.2) is 32.0 Å². The summed E-state index contributed by atoms with van der Waals surface area (Å²) in [5.41, 5.74) is 2.38. The van der Waals surface area contributed by atoms with Gasteiger partial charge >= 0.3 is 0 Å². The van der Waals surface area contributed by atoms with E-state index in [-0.39, 0.29) is 30.7 Å². The molecule has 0 aliphatic rings. The lowest BCUT2D eigenvalue weighted by Gasteiger charge is -2.14. The molecule has 0 saturated heterocycles. The number of halogens is 1. The summed E-state index contributed by atoms with van der Waals surface area (Å²) in [4.78, 5) is 24.7. The SMILES string of the molecule is Cc1ccc(NC(=O)C[NH+](C)CC(=O)Nc2ccc(F)cc2)cc1. The van der Waals surface area contributed by atoms with Gasteiger partial charge in [0.15, 0.2) is 13.1 Å². The molecular formula is C18H21FN3O2+. The van der Waals surface area contributed by atoms with Crippen molar-refractivity contribution in [3.63, 3.8) is 0 Å². The van der Waals surface area contributed by atoms with Crippen molar-refractivity contribution in [2.75, 3.05) is 30.8 Å². The van der Waals surface area contributed by atoms with Gasteiger partial charge in [0.25, 0.3) is 11.8 Å². The quantitative estimate of drug-likeness (QED) is 0.746. The minimum absolute atomic E-state index is 0.138. The Morgan fingerprint density at radius 1 is 0.875 bits per heavy atom. The molecular weight excluding hydrogens is 309 g/mol. The molecule has 6 heteroatoms. The van der Waals surface area contributed by atoms with Crippen molar-refractivity contribution >= 4 is 23.2 Å². The molecule has 0 heterocycles. The molecule has 2 aromatic rings. The maximum atomic E-state index is 12.8. The molecule has 2 amide bonds. The first-order valence-electron chi connectivity index (χ1n) is 7.65. The predicted octanol–water partition coefficient (Wildman–Crippen LogP) is 1.23. The van der Waals surface area contributed by atoms with Crippen molar-refractivity contribution in [3.05, 3.63) is 59.9 Å². The van der Waals surface area contributed by atoms with Crippen LogP contribution < -0.4 is 15.5 Å². The first-order chi connectivity index (χ1) is 11.4. The standard InChI is InChI=1S/C18H20FN3O2/c1-13-3-7-15(8-4-13)20-17(23)11-22(2)12-18(24)21-16-9-5-14(19)6-10-16/h3-10H,11-12H2,1-2H3,(H,20,23)(H,21,24)/p+1. The molecule has 1 unspecified atom stereocenters. The summed E-state index contributed by atoms with van der Waals surface area (Å²) in [7, 11) is 1.76. The molecule has 0 aliphatic carbocycles. The first kappa shape index (κ1) is 17.6. The monoisotopic (exact) mass is 330 g/mol. The minimum Gasteiger partial charge on any atom is -0.322 e. The van der Waals surface area contributed by atoms with Crippen LogP contribution in [-0.2, 0) is 9.59 Å². The number of carbonyl (C=O) groups is 2. The Morgan fingerprint density at radius 3 is 1.75 bits per heavy atom. The molecule has 1 atom stereocenters. The van der Waals surface area contributed by atoms with Crippen LogP contribution in [0.4, 0.5) is 15.8 Å². The molecule has 0 bridgehead atoms. The Morgan fingerprint density at radius 2 is 1.29 bits per heavy atom. The lowest BCUT2D eigenvalue weighted by atomic mass is 10.2. The number of likely N-dealkylation sites (N-methyl/N-ethyl adjacent to an activating group) is 1. The maximum absolute atomic E-state index is 12.8. The highest BCUT2D eigenvalue weighted by atomic mass is 19.1. The van der Waals surface area contributed by atoms with Crippen molar-refractivity contribution in [1.29, 1.82) is 0 Å². The van der Waals surface area contributed by atoms with E-state index in [2.05, 4.69) is 10.6 Å². The molecule has 0 aliphatic heterocycles. The van der Waals surface area contributed by atoms with Crippen LogP contribution in [0.2, 0.25) is 0 Å². The third-order valence-corrected chi connectivity index (χ3v) is 3.39. The van der Waals surface area contributed by atoms with E-state index in [4.69, 9.17) is 0 Å². The van der Waals surface area contributed by atoms with Crippen molar-refractivity contribution in [3.8, 4) is 0 Å². The van der Waals surface area contributed by atoms with Crippen LogP contribution in [0.15, 0.2) is 48.5 Å². The number of hydrogen-bond acceptors (Lipinski definition) is 2. The van der Waals surface area contributed by atoms with E-state index in [0.717, 1.165) is 16.2 Å². The molecule has 0 fully saturated rings. The van der Waals surface area contributed by atoms with Gasteiger partial charge in [0, 0.05) is 11.4 Å². The van der Waals surface area contributed by atoms with Crippen LogP contribution in [0.1, 0.15) is 5.56 Å². The maximum Gasteiger partial charge on any atom is 0.279 e. The Balaban J connectivity index is 1.78. The fourth-order valence-electron chi connectivity index (χ4n) is 2.19. The Kier molecular flexibility index (Phi) is 6.03. The second-order valence-corrected chi connectivity index (χ2v) is 5.78. The second-order valence-electron chi connectivity index (χ2n) is 5.78. The molecule has 5 nitrogen and oxygen atoms in total. The van der Waals surface area contributed by atoms with E-state index in [1.165, 1.54) is 24.3 Å². The van der Waals surface area contributed by atoms with Gasteiger partial charge in [-0.1, -0.05) is 17.7 Å². The number of nitrogens with one attached hydrogen (secondary N) is 3. The highest BCUT2D eigenvalue weighted by Crippen LogP contribution is 2.08. The summed E-state index contributed by atoms with van der Waals surface area (Å²) in [6, 6.07) is 13.1. The van der Waals surface area contributed by atoms with Crippen LogP contribution in [0.5, 0.6) is 0 Å². The van der Waals surface area contributed by atoms with E-state index in [1.54, 1.807) is 7.05 Å². The lowest BCUT2D eigenvalue weighted by Crippen LogP contribution is -3.11. The zero-order valence-corrected chi connectivity index (χ0v) is 13.7. The fourth-order valence-corrected chi connectivity index (χ4v) is 2.19. The number of rotatable bonds is 6. The zero-order valence-electron chi connectivity index (χ0n) is 13.7. The Hall–Kier alpha value is -2.73. The van der Waals surface area contributed by atoms with Gasteiger partial charge in [0.05, 0.1) is 7.05 Å². The number of hydrogen-bond donors (Lipinski definition) is 3. The molecule has 126 valence electrons. The lowest BCUT2D eigenvalue weighted by molar-refractivity contribution is -0.862. The molecule has 24 heavy (non-hydrogen) atoms. The van der Waals surface area contributed by atoms with Crippen LogP contribution >= 0.6 is 0 Å². The summed E-state index contributed by atoms with van der Waals surface area (Å²) < 4.78 is 12.8. The summed E-state index contributed by atoms with van der Waals surface area (Å²) >= 11 is 0. The highest BCUT2D eigenvalue weighted by molar-refractivity contribution is 5.93. The van der Waals surface area contributed by atoms with Gasteiger partial charge in [-0.2, -0.15) is 0 Å². The van der Waals surface area contributed by atoms with Crippen molar-refractivity contribution in [2.45, 2.75) is 6.92 Å². The number of anilines is 2. The number of benzene rings is 2. The summed E-state index contributed by atoms with van der Waals surface area (Å²) in [6.07, 6.45) is 0. The van der Waals surface area contributed by atoms with Crippen LogP contribution in [0, 0.1) is 12.7 Å². The van der Waals surface area contributed by atoms with Gasteiger partial charge in [-0.25, -0.2) is 4.39 Å². The average molecular weight is 330 g/mol. The second kappa shape index (κ2) is 8.21. The fraction of sp³-hybridized carbons (Fsp3) is 0.222. The van der Waals surface area contributed by atoms with Gasteiger partial charge in [0.2, 0.25) is 0 Å². The first-order valence-corrected chi connectivity index (χ1v) is 7.65. The Labute approximate surface area is 140 Å². The van der Waals surface area contributed by atoms with Crippen LogP contribution in [0.25, 0.3) is 0 Å². The summed E-state index contributed by atoms with van der Waals surface area (Å²) in [5, 5.41) is 5.47. The molecule has 2 rings (SSSR count). The average Bonchev–Trinajstić information content (AvgIpc) is 2.51. The van der Waals surface area contributed by atoms with Crippen LogP contribution in [0.3, 0.4) is 0 Å². The van der Waals surface area contributed by atoms with Gasteiger partial charge in [-0.3, -0.25) is 9.59 Å². The third-order valence-electron chi connectivity index (χ3n) is 3.39. The van der Waals surface area contributed by atoms with E-state index in [9.17, 15) is 14.0 Å². The summed E-state index contributed by atoms with van der Waals surface area (Å²) in [6.45, 7) is 2.28. The number of carbonyl (C=O) groups excluding carboxylic acids is 2. The highest BCUT2D eigenvalue weighted by Gasteiger charge is 2.14. The number of aryl methyl sites for hydroxylation is 1. The topological polar surface area (TPSA) is 62.6 Å². The van der Waals surface area contributed by atoms with Crippen molar-refractivity contribution in [2.24, 2.45) is 0 Å². The van der Waals surface area contributed by atoms with E-state index in [0.29, 0.717) is 5.69 Å². The molecule has 0 spiro atoms. The largest absolute Gasteiger partial charge is 0.322 e. The van der Waals surface area contributed by atoms with Gasteiger partial charge < -0.3 is 15.5 Å². The van der Waals surface area contributed by atoms with E-state index in [1.807, 2.05) is 31.2 Å². The van der Waals surface area contributed by atoms with Gasteiger partial charge in [-0.15, -0.1) is 0 Å². The summed E-state index contributed by atoms with van der Waals surface area (Å²) in [5.74, 6) is -0.753. The van der Waals surface area contributed by atoms with Gasteiger partial charge in [-0.05, 0) is 43.3 Å². The number of quaternary nitrogens is 1. The molecule has 2 aromatic carbocycles. The van der Waals surface area contributed by atoms with E-state index >= 15 is 0 Å². The normalized spacial score (nSPS) is 11.6. The number of amides is 2. The minimum atomic E-state index is -0.358. The smallest absolute Gasteiger partial charge is 0.279 e. The zero-order chi connectivity index (χ0) is 17.5. The molecule has 0 aromatic heterocycles. The predicted molar refractivity (Wildman–Crippen MR) is 91.5 cm³/mol.